The summed E-state index contributed by atoms with van der Waals surface area (Å²) < 4.78 is 2.42. The van der Waals surface area contributed by atoms with Gasteiger partial charge in [-0.15, -0.1) is 0 Å². The van der Waals surface area contributed by atoms with E-state index in [1.54, 1.807) is 11.8 Å². The summed E-state index contributed by atoms with van der Waals surface area (Å²) in [5, 5.41) is 5.04. The summed E-state index contributed by atoms with van der Waals surface area (Å²) in [4.78, 5) is 17.5. The fourth-order valence-electron chi connectivity index (χ4n) is 7.12. The van der Waals surface area contributed by atoms with Crippen LogP contribution in [0.3, 0.4) is 0 Å². The second kappa shape index (κ2) is 10.8. The van der Waals surface area contributed by atoms with E-state index in [1.165, 1.54) is 54.3 Å². The summed E-state index contributed by atoms with van der Waals surface area (Å²) >= 11 is 1.80. The summed E-state index contributed by atoms with van der Waals surface area (Å²) in [5.74, 6) is 2.00. The monoisotopic (exact) mass is 630 g/mol. The van der Waals surface area contributed by atoms with Crippen molar-refractivity contribution in [3.63, 3.8) is 0 Å². The van der Waals surface area contributed by atoms with Crippen molar-refractivity contribution in [1.82, 2.24) is 19.5 Å². The molecule has 9 aromatic rings. The van der Waals surface area contributed by atoms with Gasteiger partial charge in [0.2, 0.25) is 0 Å². The first-order valence-electron chi connectivity index (χ1n) is 16.0. The van der Waals surface area contributed by atoms with Crippen molar-refractivity contribution >= 4 is 44.3 Å². The van der Waals surface area contributed by atoms with Gasteiger partial charge in [-0.3, -0.25) is 0 Å². The van der Waals surface area contributed by atoms with Gasteiger partial charge in [-0.25, -0.2) is 15.0 Å². The van der Waals surface area contributed by atoms with Crippen molar-refractivity contribution in [3.8, 4) is 51.0 Å². The quantitative estimate of drug-likeness (QED) is 0.194. The Bertz CT molecular complexity index is 2590. The Morgan fingerprint density at radius 1 is 0.396 bits per heavy atom. The topological polar surface area (TPSA) is 43.6 Å². The summed E-state index contributed by atoms with van der Waals surface area (Å²) in [7, 11) is 0. The van der Waals surface area contributed by atoms with E-state index in [4.69, 9.17) is 15.0 Å². The lowest BCUT2D eigenvalue weighted by Crippen LogP contribution is -2.03. The second-order valence-electron chi connectivity index (χ2n) is 12.0. The molecule has 0 unspecified atom stereocenters. The molecule has 10 rings (SSSR count). The molecule has 0 radical (unpaired) electrons. The molecule has 0 bridgehead atoms. The predicted octanol–water partition coefficient (Wildman–Crippen LogP) is 11.3. The fraction of sp³-hybridized carbons (Fsp3) is 0. The van der Waals surface area contributed by atoms with E-state index in [0.717, 1.165) is 21.6 Å². The van der Waals surface area contributed by atoms with Gasteiger partial charge >= 0.3 is 0 Å². The molecule has 0 atom stereocenters. The average Bonchev–Trinajstić information content (AvgIpc) is 3.50. The second-order valence-corrected chi connectivity index (χ2v) is 13.1. The predicted molar refractivity (Wildman–Crippen MR) is 198 cm³/mol. The first-order valence-corrected chi connectivity index (χ1v) is 16.9. The number of fused-ring (bicyclic) bond motifs is 5. The fourth-order valence-corrected chi connectivity index (χ4v) is 8.35. The zero-order valence-electron chi connectivity index (χ0n) is 25.7. The molecule has 4 nitrogen and oxygen atoms in total. The Morgan fingerprint density at radius 3 is 1.58 bits per heavy atom. The van der Waals surface area contributed by atoms with Gasteiger partial charge in [0.1, 0.15) is 0 Å². The van der Waals surface area contributed by atoms with Gasteiger partial charge in [0.15, 0.2) is 17.5 Å². The summed E-state index contributed by atoms with van der Waals surface area (Å²) in [6.45, 7) is 0. The van der Waals surface area contributed by atoms with Crippen LogP contribution in [-0.4, -0.2) is 19.5 Å². The minimum absolute atomic E-state index is 0.663. The van der Waals surface area contributed by atoms with Gasteiger partial charge in [-0.2, -0.15) is 0 Å². The van der Waals surface area contributed by atoms with Crippen LogP contribution in [0.1, 0.15) is 0 Å². The van der Waals surface area contributed by atoms with Crippen LogP contribution in [0.5, 0.6) is 0 Å². The molecular formula is C43H26N4S. The highest BCUT2D eigenvalue weighted by atomic mass is 32.2. The smallest absolute Gasteiger partial charge is 0.165 e. The van der Waals surface area contributed by atoms with Crippen molar-refractivity contribution in [2.24, 2.45) is 0 Å². The third-order valence-electron chi connectivity index (χ3n) is 9.26. The van der Waals surface area contributed by atoms with Crippen molar-refractivity contribution in [3.05, 3.63) is 158 Å². The van der Waals surface area contributed by atoms with E-state index >= 15 is 0 Å². The van der Waals surface area contributed by atoms with Crippen LogP contribution >= 0.6 is 11.8 Å². The van der Waals surface area contributed by atoms with Crippen LogP contribution in [0.2, 0.25) is 0 Å². The molecule has 5 heteroatoms. The summed E-state index contributed by atoms with van der Waals surface area (Å²) in [6.07, 6.45) is 0. The third kappa shape index (κ3) is 4.15. The van der Waals surface area contributed by atoms with E-state index in [9.17, 15) is 0 Å². The van der Waals surface area contributed by atoms with Gasteiger partial charge < -0.3 is 4.57 Å². The lowest BCUT2D eigenvalue weighted by molar-refractivity contribution is 1.07. The van der Waals surface area contributed by atoms with Crippen LogP contribution in [0, 0.1) is 0 Å². The molecule has 0 aliphatic carbocycles. The van der Waals surface area contributed by atoms with Crippen LogP contribution < -0.4 is 0 Å². The number of nitrogens with zero attached hydrogens (tertiary/aromatic N) is 4. The first kappa shape index (κ1) is 27.1. The van der Waals surface area contributed by atoms with E-state index in [1.807, 2.05) is 36.4 Å². The zero-order chi connectivity index (χ0) is 31.6. The van der Waals surface area contributed by atoms with Gasteiger partial charge in [0.05, 0.1) is 16.7 Å². The number of rotatable bonds is 4. The van der Waals surface area contributed by atoms with Crippen molar-refractivity contribution in [2.45, 2.75) is 9.79 Å². The molecule has 48 heavy (non-hydrogen) atoms. The zero-order valence-corrected chi connectivity index (χ0v) is 26.5. The van der Waals surface area contributed by atoms with Crippen molar-refractivity contribution in [2.75, 3.05) is 0 Å². The molecule has 2 aromatic heterocycles. The Balaban J connectivity index is 1.19. The number of hydrogen-bond acceptors (Lipinski definition) is 4. The van der Waals surface area contributed by atoms with Crippen LogP contribution in [0.15, 0.2) is 168 Å². The van der Waals surface area contributed by atoms with E-state index in [0.29, 0.717) is 17.5 Å². The Labute approximate surface area is 281 Å². The molecular weight excluding hydrogens is 605 g/mol. The molecule has 1 aliphatic heterocycles. The van der Waals surface area contributed by atoms with Gasteiger partial charge in [-0.05, 0) is 41.5 Å². The number of benzene rings is 7. The number of para-hydroxylation sites is 2. The highest BCUT2D eigenvalue weighted by Gasteiger charge is 2.26. The summed E-state index contributed by atoms with van der Waals surface area (Å²) in [5.41, 5.74) is 8.95. The molecule has 0 N–H and O–H groups in total. The van der Waals surface area contributed by atoms with Crippen molar-refractivity contribution < 1.29 is 0 Å². The van der Waals surface area contributed by atoms with E-state index in [2.05, 4.69) is 126 Å². The Morgan fingerprint density at radius 2 is 0.917 bits per heavy atom. The number of aromatic nitrogens is 4. The van der Waals surface area contributed by atoms with Crippen LogP contribution in [0.4, 0.5) is 0 Å². The summed E-state index contributed by atoms with van der Waals surface area (Å²) in [6, 6.07) is 55.5. The lowest BCUT2D eigenvalue weighted by Gasteiger charge is -2.24. The SMILES string of the molecule is c1ccc(-c2nc(-c3ccccc3)nc(-c3cccc4c3Sc3ccc(-n5c6ccccc6c6ccccc65)c5cccc-4c35)n2)cc1. The highest BCUT2D eigenvalue weighted by Crippen LogP contribution is 2.52. The van der Waals surface area contributed by atoms with Crippen LogP contribution in [-0.2, 0) is 0 Å². The third-order valence-corrected chi connectivity index (χ3v) is 10.5. The molecule has 224 valence electrons. The molecule has 1 aliphatic rings. The van der Waals surface area contributed by atoms with Crippen LogP contribution in [0.25, 0.3) is 83.6 Å². The van der Waals surface area contributed by atoms with Gasteiger partial charge in [-0.1, -0.05) is 139 Å². The molecule has 0 fully saturated rings. The van der Waals surface area contributed by atoms with E-state index in [-0.39, 0.29) is 0 Å². The maximum Gasteiger partial charge on any atom is 0.165 e. The largest absolute Gasteiger partial charge is 0.309 e. The normalized spacial score (nSPS) is 12.1. The minimum Gasteiger partial charge on any atom is -0.309 e. The molecule has 3 heterocycles. The first-order chi connectivity index (χ1) is 23.8. The van der Waals surface area contributed by atoms with Gasteiger partial charge in [0.25, 0.3) is 0 Å². The lowest BCUT2D eigenvalue weighted by atomic mass is 9.95. The maximum absolute atomic E-state index is 5.08. The van der Waals surface area contributed by atoms with E-state index < -0.39 is 0 Å². The van der Waals surface area contributed by atoms with Crippen molar-refractivity contribution in [1.29, 1.82) is 0 Å². The standard InChI is InChI=1S/C43H26N4S/c1-3-13-27(14-4-1)41-44-42(28-15-5-2-6-16-28)46-43(45-41)34-22-12-20-32-31-19-11-21-33-37(25-26-38(39(31)33)48-40(32)34)47-35-23-9-7-17-29(35)30-18-8-10-24-36(30)47/h1-26H. The maximum atomic E-state index is 5.08. The molecule has 0 spiro atoms. The average molecular weight is 631 g/mol. The molecule has 0 saturated heterocycles. The molecule has 0 saturated carbocycles. The Hall–Kier alpha value is -6.04. The molecule has 7 aromatic carbocycles. The highest BCUT2D eigenvalue weighted by molar-refractivity contribution is 8.00. The Kier molecular flexibility index (Phi) is 6.08. The minimum atomic E-state index is 0.663. The van der Waals surface area contributed by atoms with Gasteiger partial charge in [0, 0.05) is 48.0 Å². The molecule has 0 amide bonds. The number of hydrogen-bond donors (Lipinski definition) is 0.